The first-order valence-corrected chi connectivity index (χ1v) is 12.7. The molecule has 143 valence electrons. The van der Waals surface area contributed by atoms with E-state index in [0.717, 1.165) is 5.66 Å². The summed E-state index contributed by atoms with van der Waals surface area (Å²) in [4.78, 5) is 0. The first kappa shape index (κ1) is 22.5. The molecule has 0 heterocycles. The molecule has 0 unspecified atom stereocenters. The molecule has 0 saturated heterocycles. The Bertz CT molecular complexity index is 226. The first-order chi connectivity index (χ1) is 11.9. The zero-order valence-electron chi connectivity index (χ0n) is 16.9. The first-order valence-electron chi connectivity index (χ1n) is 11.6. The topological polar surface area (TPSA) is 0 Å². The largest absolute Gasteiger partial charge is 0.0775 e. The lowest BCUT2D eigenvalue weighted by Gasteiger charge is -2.15. The van der Waals surface area contributed by atoms with Crippen molar-refractivity contribution in [2.24, 2.45) is 0 Å². The van der Waals surface area contributed by atoms with Crippen LogP contribution in [0.5, 0.6) is 0 Å². The Morgan fingerprint density at radius 2 is 0.958 bits per heavy atom. The normalized spacial score (nSPS) is 18.9. The van der Waals surface area contributed by atoms with Crippen LogP contribution in [-0.2, 0) is 0 Å². The maximum Gasteiger partial charge on any atom is -0.0170 e. The highest BCUT2D eigenvalue weighted by molar-refractivity contribution is 7.38. The van der Waals surface area contributed by atoms with Crippen LogP contribution in [0.3, 0.4) is 0 Å². The van der Waals surface area contributed by atoms with Gasteiger partial charge in [0.25, 0.3) is 0 Å². The van der Waals surface area contributed by atoms with Crippen molar-refractivity contribution in [1.82, 2.24) is 0 Å². The van der Waals surface area contributed by atoms with Crippen molar-refractivity contribution in [3.05, 3.63) is 0 Å². The molecule has 0 aromatic rings. The van der Waals surface area contributed by atoms with Crippen molar-refractivity contribution in [3.8, 4) is 0 Å². The minimum Gasteiger partial charge on any atom is -0.0775 e. The van der Waals surface area contributed by atoms with Crippen LogP contribution in [0, 0.1) is 0 Å². The van der Waals surface area contributed by atoms with Gasteiger partial charge in [-0.2, -0.15) is 0 Å². The summed E-state index contributed by atoms with van der Waals surface area (Å²) < 4.78 is 0. The molecule has 1 aliphatic rings. The van der Waals surface area contributed by atoms with Gasteiger partial charge >= 0.3 is 0 Å². The standard InChI is InChI=1S/C23H46P/c1-2-3-4-5-6-7-10-13-16-19-22-24-23-20-17-14-11-8-9-12-15-18-21-23/h23H,2-22H2,1H3. The molecule has 0 aromatic heterocycles. The quantitative estimate of drug-likeness (QED) is 0.242. The van der Waals surface area contributed by atoms with Gasteiger partial charge in [-0.15, -0.1) is 0 Å². The number of hydrogen-bond acceptors (Lipinski definition) is 0. The van der Waals surface area contributed by atoms with E-state index in [1.165, 1.54) is 135 Å². The van der Waals surface area contributed by atoms with Crippen LogP contribution in [0.4, 0.5) is 0 Å². The summed E-state index contributed by atoms with van der Waals surface area (Å²) in [7, 11) is 1.80. The minimum atomic E-state index is 1.04. The SMILES string of the molecule is CCCCCCCCCCCC[P]C1CCCCCCCCCC1. The van der Waals surface area contributed by atoms with E-state index in [0.29, 0.717) is 0 Å². The molecule has 1 heteroatoms. The molecule has 1 fully saturated rings. The van der Waals surface area contributed by atoms with Crippen LogP contribution in [0.1, 0.15) is 135 Å². The predicted molar refractivity (Wildman–Crippen MR) is 114 cm³/mol. The Morgan fingerprint density at radius 1 is 0.542 bits per heavy atom. The molecule has 1 rings (SSSR count). The lowest BCUT2D eigenvalue weighted by atomic mass is 10.1. The van der Waals surface area contributed by atoms with E-state index in [-0.39, 0.29) is 0 Å². The third kappa shape index (κ3) is 14.7. The zero-order chi connectivity index (χ0) is 17.1. The van der Waals surface area contributed by atoms with Crippen LogP contribution >= 0.6 is 8.58 Å². The van der Waals surface area contributed by atoms with Crippen LogP contribution in [0.2, 0.25) is 0 Å². The van der Waals surface area contributed by atoms with Crippen molar-refractivity contribution < 1.29 is 0 Å². The van der Waals surface area contributed by atoms with E-state index >= 15 is 0 Å². The number of unbranched alkanes of at least 4 members (excludes halogenated alkanes) is 9. The van der Waals surface area contributed by atoms with Gasteiger partial charge in [0.15, 0.2) is 0 Å². The third-order valence-corrected chi connectivity index (χ3v) is 7.33. The molecule has 1 aliphatic carbocycles. The minimum absolute atomic E-state index is 1.04. The fourth-order valence-corrected chi connectivity index (χ4v) is 5.52. The lowest BCUT2D eigenvalue weighted by Crippen LogP contribution is -2.02. The average Bonchev–Trinajstić information content (AvgIpc) is 2.65. The van der Waals surface area contributed by atoms with Crippen LogP contribution in [0.25, 0.3) is 0 Å². The second-order valence-electron chi connectivity index (χ2n) is 8.15. The monoisotopic (exact) mass is 353 g/mol. The van der Waals surface area contributed by atoms with Gasteiger partial charge in [-0.3, -0.25) is 0 Å². The van der Waals surface area contributed by atoms with Gasteiger partial charge in [0.05, 0.1) is 0 Å². The number of hydrogen-bond donors (Lipinski definition) is 0. The molecular formula is C23H46P. The third-order valence-electron chi connectivity index (χ3n) is 5.72. The van der Waals surface area contributed by atoms with Gasteiger partial charge in [0.2, 0.25) is 0 Å². The van der Waals surface area contributed by atoms with Gasteiger partial charge in [-0.25, -0.2) is 0 Å². The Kier molecular flexibility index (Phi) is 17.1. The molecule has 0 spiro atoms. The van der Waals surface area contributed by atoms with Crippen LogP contribution in [-0.4, -0.2) is 11.8 Å². The van der Waals surface area contributed by atoms with Crippen LogP contribution < -0.4 is 0 Å². The van der Waals surface area contributed by atoms with E-state index in [1.54, 1.807) is 8.58 Å². The summed E-state index contributed by atoms with van der Waals surface area (Å²) in [5.74, 6) is 0. The van der Waals surface area contributed by atoms with E-state index in [2.05, 4.69) is 6.92 Å². The summed E-state index contributed by atoms with van der Waals surface area (Å²) in [5, 5.41) is 0. The summed E-state index contributed by atoms with van der Waals surface area (Å²) >= 11 is 0. The maximum absolute atomic E-state index is 2.31. The Hall–Kier alpha value is 0.430. The predicted octanol–water partition coefficient (Wildman–Crippen LogP) is 9.14. The zero-order valence-corrected chi connectivity index (χ0v) is 17.8. The van der Waals surface area contributed by atoms with E-state index < -0.39 is 0 Å². The van der Waals surface area contributed by atoms with Gasteiger partial charge in [-0.05, 0) is 31.1 Å². The lowest BCUT2D eigenvalue weighted by molar-refractivity contribution is 0.562. The molecule has 0 aliphatic heterocycles. The molecule has 0 bridgehead atoms. The average molecular weight is 354 g/mol. The van der Waals surface area contributed by atoms with Gasteiger partial charge in [0, 0.05) is 0 Å². The summed E-state index contributed by atoms with van der Waals surface area (Å²) in [6.45, 7) is 2.31. The molecule has 1 radical (unpaired) electrons. The van der Waals surface area contributed by atoms with Crippen LogP contribution in [0.15, 0.2) is 0 Å². The molecule has 0 aromatic carbocycles. The summed E-state index contributed by atoms with van der Waals surface area (Å²) in [6.07, 6.45) is 31.3. The molecule has 0 atom stereocenters. The Labute approximate surface area is 156 Å². The fraction of sp³-hybridized carbons (Fsp3) is 1.00. The van der Waals surface area contributed by atoms with Crippen molar-refractivity contribution >= 4 is 8.58 Å². The van der Waals surface area contributed by atoms with E-state index in [4.69, 9.17) is 0 Å². The van der Waals surface area contributed by atoms with Gasteiger partial charge in [-0.1, -0.05) is 125 Å². The molecule has 0 nitrogen and oxygen atoms in total. The fourth-order valence-electron chi connectivity index (χ4n) is 4.02. The molecular weight excluding hydrogens is 307 g/mol. The number of rotatable bonds is 12. The van der Waals surface area contributed by atoms with Crippen molar-refractivity contribution in [1.29, 1.82) is 0 Å². The smallest absolute Gasteiger partial charge is 0.0170 e. The second kappa shape index (κ2) is 18.2. The Morgan fingerprint density at radius 3 is 1.46 bits per heavy atom. The Balaban J connectivity index is 1.90. The van der Waals surface area contributed by atoms with E-state index in [1.807, 2.05) is 0 Å². The molecule has 0 amide bonds. The highest BCUT2D eigenvalue weighted by atomic mass is 31.1. The van der Waals surface area contributed by atoms with E-state index in [9.17, 15) is 0 Å². The summed E-state index contributed by atoms with van der Waals surface area (Å²) in [6, 6.07) is 0. The van der Waals surface area contributed by atoms with Crippen molar-refractivity contribution in [2.75, 3.05) is 6.16 Å². The van der Waals surface area contributed by atoms with Crippen molar-refractivity contribution in [3.63, 3.8) is 0 Å². The van der Waals surface area contributed by atoms with Crippen molar-refractivity contribution in [2.45, 2.75) is 141 Å². The molecule has 0 N–H and O–H groups in total. The highest BCUT2D eigenvalue weighted by Crippen LogP contribution is 2.31. The highest BCUT2D eigenvalue weighted by Gasteiger charge is 2.10. The molecule has 24 heavy (non-hydrogen) atoms. The molecule has 1 saturated carbocycles. The summed E-state index contributed by atoms with van der Waals surface area (Å²) in [5.41, 5.74) is 1.04. The maximum atomic E-state index is 2.31. The van der Waals surface area contributed by atoms with Gasteiger partial charge in [0.1, 0.15) is 0 Å². The second-order valence-corrected chi connectivity index (χ2v) is 9.69. The van der Waals surface area contributed by atoms with Gasteiger partial charge < -0.3 is 0 Å².